The van der Waals surface area contributed by atoms with E-state index in [0.717, 1.165) is 25.7 Å². The number of piperazine rings is 1. The van der Waals surface area contributed by atoms with Gasteiger partial charge in [0.15, 0.2) is 0 Å². The van der Waals surface area contributed by atoms with Crippen molar-refractivity contribution in [2.24, 2.45) is 0 Å². The molecule has 0 unspecified atom stereocenters. The molecule has 88 valence electrons. The summed E-state index contributed by atoms with van der Waals surface area (Å²) in [6, 6.07) is 0.457. The van der Waals surface area contributed by atoms with Crippen LogP contribution in [0.5, 0.6) is 0 Å². The maximum absolute atomic E-state index is 11.7. The van der Waals surface area contributed by atoms with Crippen LogP contribution in [0.15, 0.2) is 11.8 Å². The van der Waals surface area contributed by atoms with E-state index in [1.54, 1.807) is 0 Å². The van der Waals surface area contributed by atoms with Crippen LogP contribution in [-0.2, 0) is 14.3 Å². The third kappa shape index (κ3) is 2.18. The van der Waals surface area contributed by atoms with Crippen molar-refractivity contribution in [3.8, 4) is 0 Å². The number of ether oxygens (including phenoxy) is 1. The van der Waals surface area contributed by atoms with Crippen LogP contribution in [0.2, 0.25) is 0 Å². The Bertz CT molecular complexity index is 338. The molecule has 0 aromatic carbocycles. The molecule has 2 aliphatic rings. The van der Waals surface area contributed by atoms with Gasteiger partial charge < -0.3 is 15.4 Å². The second kappa shape index (κ2) is 4.55. The molecular weight excluding hydrogens is 208 g/mol. The molecular formula is C11H16N2O3. The van der Waals surface area contributed by atoms with Crippen LogP contribution in [-0.4, -0.2) is 31.1 Å². The van der Waals surface area contributed by atoms with Crippen LogP contribution >= 0.6 is 0 Å². The van der Waals surface area contributed by atoms with Gasteiger partial charge in [0.05, 0.1) is 13.2 Å². The smallest absolute Gasteiger partial charge is 0.332 e. The molecule has 16 heavy (non-hydrogen) atoms. The van der Waals surface area contributed by atoms with E-state index < -0.39 is 5.97 Å². The van der Waals surface area contributed by atoms with Crippen LogP contribution in [0.25, 0.3) is 0 Å². The molecule has 2 rings (SSSR count). The topological polar surface area (TPSA) is 67.4 Å². The molecule has 0 aromatic rings. The highest BCUT2D eigenvalue weighted by atomic mass is 16.5. The van der Waals surface area contributed by atoms with Gasteiger partial charge in [0.1, 0.15) is 5.70 Å². The van der Waals surface area contributed by atoms with E-state index in [1.807, 2.05) is 0 Å². The van der Waals surface area contributed by atoms with Gasteiger partial charge in [-0.15, -0.1) is 0 Å². The predicted octanol–water partition coefficient (Wildman–Crippen LogP) is 0.0739. The van der Waals surface area contributed by atoms with Crippen molar-refractivity contribution in [2.45, 2.75) is 37.8 Å². The largest absolute Gasteiger partial charge is 0.466 e. The van der Waals surface area contributed by atoms with Crippen molar-refractivity contribution in [3.63, 3.8) is 0 Å². The quantitative estimate of drug-likeness (QED) is 0.489. The van der Waals surface area contributed by atoms with E-state index in [2.05, 4.69) is 15.4 Å². The lowest BCUT2D eigenvalue weighted by atomic mass is 9.88. The summed E-state index contributed by atoms with van der Waals surface area (Å²) in [6.45, 7) is 0. The van der Waals surface area contributed by atoms with E-state index in [0.29, 0.717) is 5.70 Å². The third-order valence-corrected chi connectivity index (χ3v) is 3.13. The maximum atomic E-state index is 11.7. The minimum Gasteiger partial charge on any atom is -0.466 e. The van der Waals surface area contributed by atoms with Gasteiger partial charge in [-0.3, -0.25) is 4.79 Å². The van der Waals surface area contributed by atoms with Crippen molar-refractivity contribution < 1.29 is 14.3 Å². The minimum atomic E-state index is -0.507. The first-order chi connectivity index (χ1) is 7.70. The van der Waals surface area contributed by atoms with Crippen molar-refractivity contribution >= 4 is 11.9 Å². The van der Waals surface area contributed by atoms with Crippen LogP contribution in [0.4, 0.5) is 0 Å². The Kier molecular flexibility index (Phi) is 3.12. The van der Waals surface area contributed by atoms with Gasteiger partial charge in [0, 0.05) is 12.1 Å². The summed E-state index contributed by atoms with van der Waals surface area (Å²) in [5, 5.41) is 6.04. The highest BCUT2D eigenvalue weighted by Crippen LogP contribution is 2.22. The zero-order chi connectivity index (χ0) is 11.5. The average Bonchev–Trinajstić information content (AvgIpc) is 2.30. The SMILES string of the molecule is COC(=O)/C=C1/N[C@H]2CCCC[C@H]2NC1=O. The third-order valence-electron chi connectivity index (χ3n) is 3.13. The lowest BCUT2D eigenvalue weighted by Crippen LogP contribution is -2.58. The number of carbonyl (C=O) groups excluding carboxylic acids is 2. The van der Waals surface area contributed by atoms with Crippen LogP contribution in [0, 0.1) is 0 Å². The normalized spacial score (nSPS) is 31.3. The first-order valence-electron chi connectivity index (χ1n) is 5.58. The molecule has 1 aliphatic heterocycles. The number of hydrogen-bond acceptors (Lipinski definition) is 4. The van der Waals surface area contributed by atoms with Crippen molar-refractivity contribution in [1.29, 1.82) is 0 Å². The van der Waals surface area contributed by atoms with Gasteiger partial charge in [-0.25, -0.2) is 4.79 Å². The Hall–Kier alpha value is -1.52. The molecule has 0 radical (unpaired) electrons. The van der Waals surface area contributed by atoms with Gasteiger partial charge in [-0.05, 0) is 12.8 Å². The van der Waals surface area contributed by atoms with Crippen LogP contribution in [0.3, 0.4) is 0 Å². The number of methoxy groups -OCH3 is 1. The highest BCUT2D eigenvalue weighted by Gasteiger charge is 2.33. The van der Waals surface area contributed by atoms with E-state index >= 15 is 0 Å². The zero-order valence-electron chi connectivity index (χ0n) is 9.29. The molecule has 0 spiro atoms. The number of carbonyl (C=O) groups is 2. The van der Waals surface area contributed by atoms with E-state index in [9.17, 15) is 9.59 Å². The van der Waals surface area contributed by atoms with Gasteiger partial charge in [0.25, 0.3) is 5.91 Å². The number of nitrogens with one attached hydrogen (secondary N) is 2. The molecule has 2 N–H and O–H groups in total. The minimum absolute atomic E-state index is 0.205. The van der Waals surface area contributed by atoms with E-state index in [1.165, 1.54) is 13.2 Å². The summed E-state index contributed by atoms with van der Waals surface area (Å²) in [5.74, 6) is -0.722. The summed E-state index contributed by atoms with van der Waals surface area (Å²) in [5.41, 5.74) is 0.315. The van der Waals surface area contributed by atoms with Gasteiger partial charge >= 0.3 is 5.97 Å². The number of rotatable bonds is 1. The Morgan fingerprint density at radius 1 is 1.31 bits per heavy atom. The summed E-state index contributed by atoms with van der Waals surface area (Å²) in [7, 11) is 1.30. The van der Waals surface area contributed by atoms with Crippen molar-refractivity contribution in [1.82, 2.24) is 10.6 Å². The van der Waals surface area contributed by atoms with E-state index in [4.69, 9.17) is 0 Å². The van der Waals surface area contributed by atoms with Gasteiger partial charge in [-0.2, -0.15) is 0 Å². The second-order valence-corrected chi connectivity index (χ2v) is 4.20. The molecule has 1 saturated carbocycles. The number of esters is 1. The Balaban J connectivity index is 2.08. The highest BCUT2D eigenvalue weighted by molar-refractivity contribution is 5.99. The summed E-state index contributed by atoms with van der Waals surface area (Å²) in [4.78, 5) is 22.7. The Labute approximate surface area is 94.2 Å². The molecule has 1 amide bonds. The van der Waals surface area contributed by atoms with Crippen LogP contribution < -0.4 is 10.6 Å². The maximum Gasteiger partial charge on any atom is 0.332 e. The zero-order valence-corrected chi connectivity index (χ0v) is 9.29. The fourth-order valence-corrected chi connectivity index (χ4v) is 2.27. The standard InChI is InChI=1S/C11H16N2O3/c1-16-10(14)6-9-11(15)13-8-5-3-2-4-7(8)12-9/h6-8,12H,2-5H2,1H3,(H,13,15)/b9-6+/t7-,8+/m0/s1. The van der Waals surface area contributed by atoms with Crippen molar-refractivity contribution in [2.75, 3.05) is 7.11 Å². The molecule has 5 heteroatoms. The Morgan fingerprint density at radius 2 is 1.94 bits per heavy atom. The molecule has 2 atom stereocenters. The molecule has 2 fully saturated rings. The molecule has 5 nitrogen and oxygen atoms in total. The van der Waals surface area contributed by atoms with Crippen LogP contribution in [0.1, 0.15) is 25.7 Å². The lowest BCUT2D eigenvalue weighted by Gasteiger charge is -2.38. The predicted molar refractivity (Wildman–Crippen MR) is 57.4 cm³/mol. The second-order valence-electron chi connectivity index (χ2n) is 4.20. The molecule has 1 saturated heterocycles. The fraction of sp³-hybridized carbons (Fsp3) is 0.636. The molecule has 0 aromatic heterocycles. The number of fused-ring (bicyclic) bond motifs is 1. The van der Waals surface area contributed by atoms with Gasteiger partial charge in [-0.1, -0.05) is 12.8 Å². The number of hydrogen-bond donors (Lipinski definition) is 2. The summed E-state index contributed by atoms with van der Waals surface area (Å²) in [6.07, 6.45) is 5.56. The molecule has 1 heterocycles. The van der Waals surface area contributed by atoms with Gasteiger partial charge in [0.2, 0.25) is 0 Å². The average molecular weight is 224 g/mol. The molecule has 1 aliphatic carbocycles. The lowest BCUT2D eigenvalue weighted by molar-refractivity contribution is -0.135. The first kappa shape index (κ1) is 11.0. The summed E-state index contributed by atoms with van der Waals surface area (Å²) >= 11 is 0. The van der Waals surface area contributed by atoms with Crippen molar-refractivity contribution in [3.05, 3.63) is 11.8 Å². The summed E-state index contributed by atoms with van der Waals surface area (Å²) < 4.78 is 4.50. The fourth-order valence-electron chi connectivity index (χ4n) is 2.27. The molecule has 0 bridgehead atoms. The number of amides is 1. The monoisotopic (exact) mass is 224 g/mol. The van der Waals surface area contributed by atoms with E-state index in [-0.39, 0.29) is 18.0 Å². The first-order valence-corrected chi connectivity index (χ1v) is 5.58. The Morgan fingerprint density at radius 3 is 2.56 bits per heavy atom.